The van der Waals surface area contributed by atoms with Crippen LogP contribution in [-0.2, 0) is 9.59 Å². The third kappa shape index (κ3) is 4.38. The maximum Gasteiger partial charge on any atom is 0.258 e. The van der Waals surface area contributed by atoms with Gasteiger partial charge < -0.3 is 15.0 Å². The molecule has 2 aromatic carbocycles. The Kier molecular flexibility index (Phi) is 5.33. The number of hydrogen-bond donors (Lipinski definition) is 1. The quantitative estimate of drug-likeness (QED) is 0.881. The van der Waals surface area contributed by atoms with E-state index < -0.39 is 0 Å². The van der Waals surface area contributed by atoms with Crippen molar-refractivity contribution in [3.63, 3.8) is 0 Å². The van der Waals surface area contributed by atoms with E-state index in [4.69, 9.17) is 4.74 Å². The second kappa shape index (κ2) is 7.83. The number of hydrogen-bond acceptors (Lipinski definition) is 3. The van der Waals surface area contributed by atoms with Crippen LogP contribution in [0.25, 0.3) is 0 Å². The summed E-state index contributed by atoms with van der Waals surface area (Å²) in [5.74, 6) is 0.533. The van der Waals surface area contributed by atoms with Gasteiger partial charge >= 0.3 is 0 Å². The number of nitrogens with one attached hydrogen (secondary N) is 1. The zero-order valence-electron chi connectivity index (χ0n) is 14.3. The highest BCUT2D eigenvalue weighted by molar-refractivity contribution is 5.95. The van der Waals surface area contributed by atoms with Gasteiger partial charge in [0.05, 0.1) is 6.04 Å². The number of nitrogens with zero attached hydrogens (tertiary/aromatic N) is 1. The first-order valence-corrected chi connectivity index (χ1v) is 8.51. The van der Waals surface area contributed by atoms with Crippen molar-refractivity contribution in [2.45, 2.75) is 25.8 Å². The Balaban J connectivity index is 1.54. The lowest BCUT2D eigenvalue weighted by atomic mass is 10.1. The van der Waals surface area contributed by atoms with Crippen LogP contribution in [-0.4, -0.2) is 25.0 Å². The Morgan fingerprint density at radius 3 is 2.72 bits per heavy atom. The van der Waals surface area contributed by atoms with E-state index in [-0.39, 0.29) is 24.5 Å². The number of rotatable bonds is 6. The molecule has 0 unspecified atom stereocenters. The summed E-state index contributed by atoms with van der Waals surface area (Å²) in [7, 11) is 0. The third-order valence-electron chi connectivity index (χ3n) is 4.25. The van der Waals surface area contributed by atoms with E-state index in [0.717, 1.165) is 24.2 Å². The standard InChI is InChI=1S/C20H22N2O3/c1-15(16-7-3-2-4-8-16)21-19(23)14-25-18-10-5-9-17(13-18)22-12-6-11-20(22)24/h2-5,7-10,13,15H,6,11-12,14H2,1H3,(H,21,23)/t15-/m1/s1. The van der Waals surface area contributed by atoms with Crippen LogP contribution in [0, 0.1) is 0 Å². The highest BCUT2D eigenvalue weighted by atomic mass is 16.5. The van der Waals surface area contributed by atoms with Gasteiger partial charge in [-0.05, 0) is 31.0 Å². The molecule has 130 valence electrons. The minimum absolute atomic E-state index is 0.0609. The van der Waals surface area contributed by atoms with Crippen molar-refractivity contribution in [3.8, 4) is 5.75 Å². The molecule has 25 heavy (non-hydrogen) atoms. The zero-order valence-corrected chi connectivity index (χ0v) is 14.3. The molecule has 0 saturated carbocycles. The normalized spacial score (nSPS) is 15.1. The molecule has 1 aliphatic rings. The highest BCUT2D eigenvalue weighted by Gasteiger charge is 2.21. The van der Waals surface area contributed by atoms with Crippen LogP contribution in [0.15, 0.2) is 54.6 Å². The van der Waals surface area contributed by atoms with Gasteiger partial charge in [-0.2, -0.15) is 0 Å². The van der Waals surface area contributed by atoms with Crippen molar-refractivity contribution in [2.24, 2.45) is 0 Å². The van der Waals surface area contributed by atoms with Crippen molar-refractivity contribution in [1.82, 2.24) is 5.32 Å². The van der Waals surface area contributed by atoms with Crippen LogP contribution in [0.5, 0.6) is 5.75 Å². The summed E-state index contributed by atoms with van der Waals surface area (Å²) in [4.78, 5) is 25.7. The van der Waals surface area contributed by atoms with Gasteiger partial charge in [0.15, 0.2) is 6.61 Å². The molecule has 1 heterocycles. The molecular weight excluding hydrogens is 316 g/mol. The van der Waals surface area contributed by atoms with Crippen LogP contribution in [0.1, 0.15) is 31.4 Å². The van der Waals surface area contributed by atoms with Crippen LogP contribution in [0.2, 0.25) is 0 Å². The Labute approximate surface area is 147 Å². The lowest BCUT2D eigenvalue weighted by Crippen LogP contribution is -2.31. The molecule has 5 nitrogen and oxygen atoms in total. The molecule has 0 aromatic heterocycles. The van der Waals surface area contributed by atoms with Crippen LogP contribution >= 0.6 is 0 Å². The fourth-order valence-electron chi connectivity index (χ4n) is 2.92. The Morgan fingerprint density at radius 1 is 1.20 bits per heavy atom. The van der Waals surface area contributed by atoms with Crippen molar-refractivity contribution in [2.75, 3.05) is 18.1 Å². The largest absolute Gasteiger partial charge is 0.484 e. The molecular formula is C20H22N2O3. The Hall–Kier alpha value is -2.82. The molecule has 1 saturated heterocycles. The number of benzene rings is 2. The smallest absolute Gasteiger partial charge is 0.258 e. The molecule has 1 fully saturated rings. The number of carbonyl (C=O) groups is 2. The summed E-state index contributed by atoms with van der Waals surface area (Å²) in [6.07, 6.45) is 1.47. The summed E-state index contributed by atoms with van der Waals surface area (Å²) < 4.78 is 5.59. The van der Waals surface area contributed by atoms with E-state index in [1.165, 1.54) is 0 Å². The van der Waals surface area contributed by atoms with Gasteiger partial charge in [0, 0.05) is 24.7 Å². The van der Waals surface area contributed by atoms with Gasteiger partial charge in [0.2, 0.25) is 5.91 Å². The summed E-state index contributed by atoms with van der Waals surface area (Å²) in [5, 5.41) is 2.91. The molecule has 1 atom stereocenters. The van der Waals surface area contributed by atoms with Gasteiger partial charge in [-0.1, -0.05) is 36.4 Å². The first kappa shape index (κ1) is 17.0. The molecule has 0 aliphatic carbocycles. The fraction of sp³-hybridized carbons (Fsp3) is 0.300. The lowest BCUT2D eigenvalue weighted by molar-refractivity contribution is -0.123. The highest BCUT2D eigenvalue weighted by Crippen LogP contribution is 2.25. The minimum Gasteiger partial charge on any atom is -0.484 e. The van der Waals surface area contributed by atoms with Crippen molar-refractivity contribution < 1.29 is 14.3 Å². The van der Waals surface area contributed by atoms with Crippen LogP contribution in [0.3, 0.4) is 0 Å². The predicted molar refractivity (Wildman–Crippen MR) is 96.5 cm³/mol. The average molecular weight is 338 g/mol. The number of amides is 2. The fourth-order valence-corrected chi connectivity index (χ4v) is 2.92. The van der Waals surface area contributed by atoms with Crippen LogP contribution < -0.4 is 15.0 Å². The third-order valence-corrected chi connectivity index (χ3v) is 4.25. The first-order chi connectivity index (χ1) is 12.1. The Morgan fingerprint density at radius 2 is 2.00 bits per heavy atom. The first-order valence-electron chi connectivity index (χ1n) is 8.51. The second-order valence-corrected chi connectivity index (χ2v) is 6.13. The number of anilines is 1. The molecule has 1 aliphatic heterocycles. The van der Waals surface area contributed by atoms with Crippen LogP contribution in [0.4, 0.5) is 5.69 Å². The van der Waals surface area contributed by atoms with Gasteiger partial charge in [-0.25, -0.2) is 0 Å². The van der Waals surface area contributed by atoms with Crippen molar-refractivity contribution in [3.05, 3.63) is 60.2 Å². The van der Waals surface area contributed by atoms with E-state index in [1.807, 2.05) is 49.4 Å². The molecule has 0 bridgehead atoms. The molecule has 3 rings (SSSR count). The topological polar surface area (TPSA) is 58.6 Å². The van der Waals surface area contributed by atoms with E-state index in [2.05, 4.69) is 5.32 Å². The van der Waals surface area contributed by atoms with Gasteiger partial charge in [-0.3, -0.25) is 9.59 Å². The zero-order chi connectivity index (χ0) is 17.6. The predicted octanol–water partition coefficient (Wildman–Crippen LogP) is 3.07. The van der Waals surface area contributed by atoms with E-state index in [9.17, 15) is 9.59 Å². The summed E-state index contributed by atoms with van der Waals surface area (Å²) in [6, 6.07) is 17.0. The molecule has 2 amide bonds. The summed E-state index contributed by atoms with van der Waals surface area (Å²) >= 11 is 0. The van der Waals surface area contributed by atoms with Gasteiger partial charge in [-0.15, -0.1) is 0 Å². The van der Waals surface area contributed by atoms with Crippen molar-refractivity contribution >= 4 is 17.5 Å². The summed E-state index contributed by atoms with van der Waals surface area (Å²) in [6.45, 7) is 2.61. The van der Waals surface area contributed by atoms with E-state index in [0.29, 0.717) is 12.2 Å². The second-order valence-electron chi connectivity index (χ2n) is 6.13. The van der Waals surface area contributed by atoms with E-state index in [1.54, 1.807) is 17.0 Å². The minimum atomic E-state index is -0.181. The molecule has 0 radical (unpaired) electrons. The SMILES string of the molecule is C[C@@H](NC(=O)COc1cccc(N2CCCC2=O)c1)c1ccccc1. The number of carbonyl (C=O) groups excluding carboxylic acids is 2. The molecule has 0 spiro atoms. The summed E-state index contributed by atoms with van der Waals surface area (Å²) in [5.41, 5.74) is 1.86. The monoisotopic (exact) mass is 338 g/mol. The number of ether oxygens (including phenoxy) is 1. The lowest BCUT2D eigenvalue weighted by Gasteiger charge is -2.17. The van der Waals surface area contributed by atoms with Gasteiger partial charge in [0.1, 0.15) is 5.75 Å². The molecule has 2 aromatic rings. The maximum absolute atomic E-state index is 12.1. The Bertz CT molecular complexity index is 746. The maximum atomic E-state index is 12.1. The van der Waals surface area contributed by atoms with Gasteiger partial charge in [0.25, 0.3) is 5.91 Å². The van der Waals surface area contributed by atoms with E-state index >= 15 is 0 Å². The molecule has 1 N–H and O–H groups in total. The average Bonchev–Trinajstić information content (AvgIpc) is 3.07. The van der Waals surface area contributed by atoms with Crippen molar-refractivity contribution in [1.29, 1.82) is 0 Å². The molecule has 5 heteroatoms.